The van der Waals surface area contributed by atoms with Gasteiger partial charge < -0.3 is 5.32 Å². The van der Waals surface area contributed by atoms with Crippen molar-refractivity contribution >= 4 is 11.6 Å². The summed E-state index contributed by atoms with van der Waals surface area (Å²) in [6.07, 6.45) is 2.06. The fraction of sp³-hybridized carbons (Fsp3) is 0.455. The lowest BCUT2D eigenvalue weighted by Gasteiger charge is -2.14. The van der Waals surface area contributed by atoms with E-state index in [1.54, 1.807) is 6.07 Å². The van der Waals surface area contributed by atoms with E-state index in [4.69, 9.17) is 11.6 Å². The van der Waals surface area contributed by atoms with Crippen LogP contribution in [0.25, 0.3) is 0 Å². The summed E-state index contributed by atoms with van der Waals surface area (Å²) in [5.41, 5.74) is 1.58. The van der Waals surface area contributed by atoms with Crippen LogP contribution < -0.4 is 5.32 Å². The highest BCUT2D eigenvalue weighted by Crippen LogP contribution is 2.33. The zero-order chi connectivity index (χ0) is 10.1. The van der Waals surface area contributed by atoms with E-state index in [1.807, 2.05) is 6.92 Å². The van der Waals surface area contributed by atoms with Gasteiger partial charge in [-0.2, -0.15) is 0 Å². The van der Waals surface area contributed by atoms with Crippen LogP contribution in [0, 0.1) is 12.7 Å². The predicted octanol–water partition coefficient (Wildman–Crippen LogP) is 3.21. The summed E-state index contributed by atoms with van der Waals surface area (Å²) in [5.74, 6) is -0.194. The molecule has 1 heterocycles. The first-order chi connectivity index (χ1) is 6.70. The lowest BCUT2D eigenvalue weighted by Crippen LogP contribution is -2.15. The molecule has 0 aliphatic carbocycles. The van der Waals surface area contributed by atoms with Crippen molar-refractivity contribution < 1.29 is 4.39 Å². The lowest BCUT2D eigenvalue weighted by molar-refractivity contribution is 0.558. The Bertz CT molecular complexity index is 345. The first-order valence-electron chi connectivity index (χ1n) is 4.88. The third-order valence-electron chi connectivity index (χ3n) is 2.73. The first-order valence-corrected chi connectivity index (χ1v) is 5.26. The monoisotopic (exact) mass is 213 g/mol. The number of hydrogen-bond donors (Lipinski definition) is 1. The Morgan fingerprint density at radius 3 is 2.93 bits per heavy atom. The van der Waals surface area contributed by atoms with Gasteiger partial charge in [-0.15, -0.1) is 0 Å². The molecule has 0 bridgehead atoms. The Morgan fingerprint density at radius 1 is 1.50 bits per heavy atom. The van der Waals surface area contributed by atoms with Crippen molar-refractivity contribution in [3.8, 4) is 0 Å². The summed E-state index contributed by atoms with van der Waals surface area (Å²) < 4.78 is 13.6. The molecule has 1 saturated heterocycles. The molecule has 1 aromatic rings. The average Bonchev–Trinajstić information content (AvgIpc) is 2.65. The largest absolute Gasteiger partial charge is 0.310 e. The molecule has 1 nitrogen and oxygen atoms in total. The van der Waals surface area contributed by atoms with Gasteiger partial charge in [0.2, 0.25) is 0 Å². The Morgan fingerprint density at radius 2 is 2.29 bits per heavy atom. The Labute approximate surface area is 88.3 Å². The van der Waals surface area contributed by atoms with E-state index in [0.717, 1.165) is 24.9 Å². The van der Waals surface area contributed by atoms with Crippen LogP contribution in [-0.4, -0.2) is 6.54 Å². The predicted molar refractivity (Wildman–Crippen MR) is 56.1 cm³/mol. The Hall–Kier alpha value is -0.600. The van der Waals surface area contributed by atoms with Crippen molar-refractivity contribution in [2.45, 2.75) is 25.8 Å². The summed E-state index contributed by atoms with van der Waals surface area (Å²) >= 11 is 6.10. The molecule has 1 fully saturated rings. The number of rotatable bonds is 1. The van der Waals surface area contributed by atoms with E-state index in [1.165, 1.54) is 6.07 Å². The number of nitrogens with one attached hydrogen (secondary N) is 1. The molecule has 0 unspecified atom stereocenters. The van der Waals surface area contributed by atoms with Crippen LogP contribution in [0.4, 0.5) is 4.39 Å². The summed E-state index contributed by atoms with van der Waals surface area (Å²) in [6.45, 7) is 2.86. The molecule has 1 aliphatic rings. The first kappa shape index (κ1) is 9.94. The van der Waals surface area contributed by atoms with Gasteiger partial charge in [-0.25, -0.2) is 4.39 Å². The van der Waals surface area contributed by atoms with Crippen LogP contribution in [0.5, 0.6) is 0 Å². The van der Waals surface area contributed by atoms with E-state index < -0.39 is 0 Å². The van der Waals surface area contributed by atoms with Gasteiger partial charge in [0.25, 0.3) is 0 Å². The quantitative estimate of drug-likeness (QED) is 0.756. The van der Waals surface area contributed by atoms with Gasteiger partial charge in [-0.05, 0) is 37.9 Å². The minimum absolute atomic E-state index is 0.0994. The van der Waals surface area contributed by atoms with Gasteiger partial charge in [0.05, 0.1) is 5.02 Å². The minimum atomic E-state index is -0.194. The maximum Gasteiger partial charge on any atom is 0.129 e. The molecule has 1 N–H and O–H groups in total. The molecule has 76 valence electrons. The molecule has 0 saturated carbocycles. The molecule has 3 heteroatoms. The van der Waals surface area contributed by atoms with Crippen LogP contribution >= 0.6 is 11.6 Å². The van der Waals surface area contributed by atoms with Crippen molar-refractivity contribution in [1.29, 1.82) is 0 Å². The fourth-order valence-corrected chi connectivity index (χ4v) is 2.21. The summed E-state index contributed by atoms with van der Waals surface area (Å²) in [4.78, 5) is 0. The second kappa shape index (κ2) is 3.87. The highest BCUT2D eigenvalue weighted by Gasteiger charge is 2.22. The fourth-order valence-electron chi connectivity index (χ4n) is 1.93. The van der Waals surface area contributed by atoms with Gasteiger partial charge in [-0.1, -0.05) is 17.7 Å². The normalized spacial score (nSPS) is 21.5. The Kier molecular flexibility index (Phi) is 2.75. The molecule has 1 aliphatic heterocycles. The van der Waals surface area contributed by atoms with Crippen molar-refractivity contribution in [1.82, 2.24) is 5.32 Å². The molecular weight excluding hydrogens is 201 g/mol. The van der Waals surface area contributed by atoms with Gasteiger partial charge in [0.1, 0.15) is 5.82 Å². The molecule has 0 amide bonds. The highest BCUT2D eigenvalue weighted by atomic mass is 35.5. The topological polar surface area (TPSA) is 12.0 Å². The van der Waals surface area contributed by atoms with Gasteiger partial charge in [0.15, 0.2) is 0 Å². The van der Waals surface area contributed by atoms with E-state index in [0.29, 0.717) is 10.6 Å². The molecule has 1 aromatic carbocycles. The van der Waals surface area contributed by atoms with Crippen molar-refractivity contribution in [3.05, 3.63) is 34.1 Å². The molecule has 0 spiro atoms. The average molecular weight is 214 g/mol. The SMILES string of the molecule is Cc1ccc(F)c([C@H]2CCCN2)c1Cl. The third kappa shape index (κ3) is 1.64. The van der Waals surface area contributed by atoms with Gasteiger partial charge in [0, 0.05) is 11.6 Å². The van der Waals surface area contributed by atoms with E-state index in [9.17, 15) is 4.39 Å². The molecule has 2 rings (SSSR count). The van der Waals surface area contributed by atoms with Crippen LogP contribution in [0.15, 0.2) is 12.1 Å². The van der Waals surface area contributed by atoms with Crippen LogP contribution in [0.2, 0.25) is 5.02 Å². The van der Waals surface area contributed by atoms with Crippen molar-refractivity contribution in [3.63, 3.8) is 0 Å². The van der Waals surface area contributed by atoms with E-state index in [-0.39, 0.29) is 11.9 Å². The maximum atomic E-state index is 13.6. The Balaban J connectivity index is 2.44. The standard InChI is InChI=1S/C11H13ClFN/c1-7-4-5-8(13)10(11(7)12)9-3-2-6-14-9/h4-5,9,14H,2-3,6H2,1H3/t9-/m1/s1. The zero-order valence-corrected chi connectivity index (χ0v) is 8.87. The molecule has 0 radical (unpaired) electrons. The minimum Gasteiger partial charge on any atom is -0.310 e. The van der Waals surface area contributed by atoms with Crippen molar-refractivity contribution in [2.75, 3.05) is 6.54 Å². The summed E-state index contributed by atoms with van der Waals surface area (Å²) in [7, 11) is 0. The van der Waals surface area contributed by atoms with E-state index in [2.05, 4.69) is 5.32 Å². The summed E-state index contributed by atoms with van der Waals surface area (Å²) in [5, 5.41) is 3.83. The number of halogens is 2. The molecule has 14 heavy (non-hydrogen) atoms. The van der Waals surface area contributed by atoms with E-state index >= 15 is 0 Å². The number of benzene rings is 1. The van der Waals surface area contributed by atoms with Crippen molar-refractivity contribution in [2.24, 2.45) is 0 Å². The number of aryl methyl sites for hydroxylation is 1. The lowest BCUT2D eigenvalue weighted by atomic mass is 10.0. The van der Waals surface area contributed by atoms with Crippen LogP contribution in [-0.2, 0) is 0 Å². The smallest absolute Gasteiger partial charge is 0.129 e. The maximum absolute atomic E-state index is 13.6. The number of hydrogen-bond acceptors (Lipinski definition) is 1. The third-order valence-corrected chi connectivity index (χ3v) is 3.23. The highest BCUT2D eigenvalue weighted by molar-refractivity contribution is 6.32. The van der Waals surface area contributed by atoms with Crippen LogP contribution in [0.3, 0.4) is 0 Å². The zero-order valence-electron chi connectivity index (χ0n) is 8.11. The second-order valence-electron chi connectivity index (χ2n) is 3.74. The molecule has 0 aromatic heterocycles. The van der Waals surface area contributed by atoms with Gasteiger partial charge in [-0.3, -0.25) is 0 Å². The second-order valence-corrected chi connectivity index (χ2v) is 4.12. The molecular formula is C11H13ClFN. The summed E-state index contributed by atoms with van der Waals surface area (Å²) in [6, 6.07) is 3.31. The molecule has 1 atom stereocenters. The van der Waals surface area contributed by atoms with Crippen LogP contribution in [0.1, 0.15) is 30.0 Å². The van der Waals surface area contributed by atoms with Gasteiger partial charge >= 0.3 is 0 Å².